The first-order valence-electron chi connectivity index (χ1n) is 11.1. The highest BCUT2D eigenvalue weighted by atomic mass is 32.2. The van der Waals surface area contributed by atoms with Crippen LogP contribution in [0.25, 0.3) is 5.69 Å². The Labute approximate surface area is 187 Å². The Morgan fingerprint density at radius 2 is 1.81 bits per heavy atom. The molecule has 1 aromatic carbocycles. The van der Waals surface area contributed by atoms with Gasteiger partial charge in [0.05, 0.1) is 23.2 Å². The van der Waals surface area contributed by atoms with Crippen molar-refractivity contribution in [1.29, 1.82) is 0 Å². The summed E-state index contributed by atoms with van der Waals surface area (Å²) in [6.45, 7) is 4.86. The molecule has 174 valence electrons. The first-order valence-corrected chi connectivity index (χ1v) is 12.6. The van der Waals surface area contributed by atoms with Gasteiger partial charge in [-0.3, -0.25) is 4.79 Å². The molecule has 4 rings (SSSR count). The Balaban J connectivity index is 1.66. The van der Waals surface area contributed by atoms with Gasteiger partial charge in [-0.1, -0.05) is 6.07 Å². The Morgan fingerprint density at radius 1 is 1.12 bits per heavy atom. The van der Waals surface area contributed by atoms with Crippen LogP contribution in [0.5, 0.6) is 5.75 Å². The molecule has 0 unspecified atom stereocenters. The van der Waals surface area contributed by atoms with Gasteiger partial charge in [0.15, 0.2) is 0 Å². The quantitative estimate of drug-likeness (QED) is 0.653. The Bertz CT molecular complexity index is 1120. The lowest BCUT2D eigenvalue weighted by atomic mass is 10.2. The molecule has 0 amide bonds. The van der Waals surface area contributed by atoms with Crippen molar-refractivity contribution in [3.05, 3.63) is 46.6 Å². The van der Waals surface area contributed by atoms with E-state index in [2.05, 4.69) is 5.10 Å². The predicted octanol–water partition coefficient (Wildman–Crippen LogP) is 2.55. The summed E-state index contributed by atoms with van der Waals surface area (Å²) in [4.78, 5) is 15.3. The minimum atomic E-state index is -3.33. The van der Waals surface area contributed by atoms with E-state index in [0.29, 0.717) is 37.6 Å². The molecule has 2 fully saturated rings. The lowest BCUT2D eigenvalue weighted by Crippen LogP contribution is -2.50. The number of hydrogen-bond acceptors (Lipinski definition) is 6. The fraction of sp³-hybridized carbons (Fsp3) is 0.545. The zero-order valence-electron chi connectivity index (χ0n) is 18.4. The van der Waals surface area contributed by atoms with Gasteiger partial charge in [-0.05, 0) is 57.7 Å². The van der Waals surface area contributed by atoms with Crippen LogP contribution in [0, 0.1) is 5.82 Å². The number of sulfonamides is 1. The van der Waals surface area contributed by atoms with Crippen molar-refractivity contribution >= 4 is 15.7 Å². The molecular formula is C22H29FN4O4S. The molecule has 0 N–H and O–H groups in total. The van der Waals surface area contributed by atoms with Crippen molar-refractivity contribution in [2.24, 2.45) is 0 Å². The molecule has 0 bridgehead atoms. The topological polar surface area (TPSA) is 84.7 Å². The van der Waals surface area contributed by atoms with Crippen molar-refractivity contribution in [2.45, 2.75) is 50.9 Å². The molecule has 0 spiro atoms. The van der Waals surface area contributed by atoms with Crippen LogP contribution < -0.4 is 15.2 Å². The highest BCUT2D eigenvalue weighted by molar-refractivity contribution is 7.89. The van der Waals surface area contributed by atoms with Gasteiger partial charge in [-0.15, -0.1) is 0 Å². The van der Waals surface area contributed by atoms with Gasteiger partial charge in [-0.25, -0.2) is 12.8 Å². The monoisotopic (exact) mass is 464 g/mol. The number of halogens is 1. The highest BCUT2D eigenvalue weighted by Crippen LogP contribution is 2.30. The summed E-state index contributed by atoms with van der Waals surface area (Å²) in [5.41, 5.74) is 0.430. The number of nitrogens with zero attached hydrogens (tertiary/aromatic N) is 4. The molecule has 2 heterocycles. The maximum atomic E-state index is 13.7. The second-order valence-corrected chi connectivity index (χ2v) is 11.0. The van der Waals surface area contributed by atoms with E-state index in [-0.39, 0.29) is 11.9 Å². The molecule has 1 aliphatic heterocycles. The third-order valence-electron chi connectivity index (χ3n) is 6.09. The zero-order chi connectivity index (χ0) is 22.9. The van der Waals surface area contributed by atoms with E-state index in [1.807, 2.05) is 4.90 Å². The Hall–Kier alpha value is -2.46. The number of rotatable bonds is 6. The van der Waals surface area contributed by atoms with Crippen molar-refractivity contribution in [1.82, 2.24) is 14.1 Å². The highest BCUT2D eigenvalue weighted by Gasteiger charge is 2.31. The predicted molar refractivity (Wildman–Crippen MR) is 121 cm³/mol. The third-order valence-corrected chi connectivity index (χ3v) is 8.37. The van der Waals surface area contributed by atoms with Gasteiger partial charge >= 0.3 is 5.56 Å². The molecule has 1 aromatic heterocycles. The molecule has 8 nitrogen and oxygen atoms in total. The molecule has 0 atom stereocenters. The van der Waals surface area contributed by atoms with Crippen LogP contribution in [0.2, 0.25) is 0 Å². The van der Waals surface area contributed by atoms with E-state index in [9.17, 15) is 17.6 Å². The molecular weight excluding hydrogens is 435 g/mol. The molecule has 32 heavy (non-hydrogen) atoms. The molecule has 1 saturated heterocycles. The largest absolute Gasteiger partial charge is 0.483 e. The van der Waals surface area contributed by atoms with Crippen LogP contribution in [0.15, 0.2) is 35.3 Å². The Kier molecular flexibility index (Phi) is 6.52. The molecule has 2 aliphatic rings. The van der Waals surface area contributed by atoms with Crippen LogP contribution in [-0.4, -0.2) is 60.0 Å². The van der Waals surface area contributed by atoms with Crippen molar-refractivity contribution in [3.8, 4) is 11.4 Å². The Morgan fingerprint density at radius 3 is 2.44 bits per heavy atom. The average Bonchev–Trinajstić information content (AvgIpc) is 3.28. The summed E-state index contributed by atoms with van der Waals surface area (Å²) in [6, 6.07) is 5.71. The summed E-state index contributed by atoms with van der Waals surface area (Å²) in [5.74, 6) is -0.266. The molecule has 2 aromatic rings. The summed E-state index contributed by atoms with van der Waals surface area (Å²) < 4.78 is 47.5. The van der Waals surface area contributed by atoms with E-state index >= 15 is 0 Å². The van der Waals surface area contributed by atoms with Gasteiger partial charge in [0.25, 0.3) is 0 Å². The van der Waals surface area contributed by atoms with E-state index in [4.69, 9.17) is 4.74 Å². The average molecular weight is 465 g/mol. The maximum absolute atomic E-state index is 13.7. The maximum Gasteiger partial charge on any atom is 0.316 e. The molecule has 1 saturated carbocycles. The molecule has 10 heteroatoms. The number of hydrogen-bond donors (Lipinski definition) is 0. The second-order valence-electron chi connectivity index (χ2n) is 8.56. The van der Waals surface area contributed by atoms with Crippen LogP contribution in [0.1, 0.15) is 39.5 Å². The summed E-state index contributed by atoms with van der Waals surface area (Å²) in [5, 5.41) is 3.80. The standard InChI is InChI=1S/C22H29FN4O4S/c1-16(2)32(29,30)26-12-10-25(11-13-26)20-15-24-27(18-7-5-6-17(23)14-18)22(28)21(20)31-19-8-3-4-9-19/h5-7,14-16,19H,3-4,8-13H2,1-2H3. The van der Waals surface area contributed by atoms with Crippen molar-refractivity contribution in [3.63, 3.8) is 0 Å². The minimum absolute atomic E-state index is 0.0487. The first kappa shape index (κ1) is 22.7. The van der Waals surface area contributed by atoms with Crippen LogP contribution in [0.4, 0.5) is 10.1 Å². The first-order chi connectivity index (χ1) is 15.3. The number of ether oxygens (including phenoxy) is 1. The number of anilines is 1. The van der Waals surface area contributed by atoms with Crippen LogP contribution >= 0.6 is 0 Å². The minimum Gasteiger partial charge on any atom is -0.483 e. The smallest absolute Gasteiger partial charge is 0.316 e. The van der Waals surface area contributed by atoms with Gasteiger partial charge in [0, 0.05) is 26.2 Å². The van der Waals surface area contributed by atoms with Gasteiger partial charge in [0.1, 0.15) is 11.5 Å². The summed E-state index contributed by atoms with van der Waals surface area (Å²) in [6.07, 6.45) is 5.36. The van der Waals surface area contributed by atoms with Gasteiger partial charge < -0.3 is 9.64 Å². The lowest BCUT2D eigenvalue weighted by Gasteiger charge is -2.36. The van der Waals surface area contributed by atoms with Crippen LogP contribution in [0.3, 0.4) is 0 Å². The van der Waals surface area contributed by atoms with Crippen LogP contribution in [-0.2, 0) is 10.0 Å². The lowest BCUT2D eigenvalue weighted by molar-refractivity contribution is 0.205. The number of aromatic nitrogens is 2. The van der Waals surface area contributed by atoms with E-state index in [1.54, 1.807) is 26.1 Å². The van der Waals surface area contributed by atoms with E-state index in [1.165, 1.54) is 22.5 Å². The van der Waals surface area contributed by atoms with Gasteiger partial charge in [0.2, 0.25) is 15.8 Å². The number of piperazine rings is 1. The SMILES string of the molecule is CC(C)S(=O)(=O)N1CCN(c2cnn(-c3cccc(F)c3)c(=O)c2OC2CCCC2)CC1. The fourth-order valence-electron chi connectivity index (χ4n) is 4.21. The van der Waals surface area contributed by atoms with E-state index in [0.717, 1.165) is 30.4 Å². The van der Waals surface area contributed by atoms with Crippen molar-refractivity contribution in [2.75, 3.05) is 31.1 Å². The molecule has 0 radical (unpaired) electrons. The van der Waals surface area contributed by atoms with Crippen molar-refractivity contribution < 1.29 is 17.5 Å². The van der Waals surface area contributed by atoms with Gasteiger partial charge in [-0.2, -0.15) is 14.1 Å². The fourth-order valence-corrected chi connectivity index (χ4v) is 5.48. The zero-order valence-corrected chi connectivity index (χ0v) is 19.2. The summed E-state index contributed by atoms with van der Waals surface area (Å²) >= 11 is 0. The normalized spacial score (nSPS) is 18.4. The van der Waals surface area contributed by atoms with E-state index < -0.39 is 26.6 Å². The second kappa shape index (κ2) is 9.19. The summed E-state index contributed by atoms with van der Waals surface area (Å²) in [7, 11) is -3.33. The number of benzene rings is 1. The molecule has 1 aliphatic carbocycles. The third kappa shape index (κ3) is 4.52.